The molecule has 0 aromatic carbocycles. The first-order valence-electron chi connectivity index (χ1n) is 11.7. The average molecular weight is 464 g/mol. The van der Waals surface area contributed by atoms with Crippen LogP contribution in [0, 0.1) is 22.7 Å². The van der Waals surface area contributed by atoms with Crippen molar-refractivity contribution in [1.29, 1.82) is 0 Å². The van der Waals surface area contributed by atoms with Crippen molar-refractivity contribution in [3.8, 4) is 0 Å². The maximum atomic E-state index is 17.4. The molecule has 5 rings (SSSR count). The quantitative estimate of drug-likeness (QED) is 0.436. The van der Waals surface area contributed by atoms with Crippen LogP contribution in [-0.2, 0) is 19.1 Å². The highest BCUT2D eigenvalue weighted by Crippen LogP contribution is 2.72. The Labute approximate surface area is 193 Å². The van der Waals surface area contributed by atoms with E-state index in [1.165, 1.54) is 6.26 Å². The van der Waals surface area contributed by atoms with E-state index in [0.717, 1.165) is 11.1 Å². The molecule has 4 N–H and O–H groups in total. The molecule has 0 unspecified atom stereocenters. The fourth-order valence-corrected chi connectivity index (χ4v) is 8.12. The van der Waals surface area contributed by atoms with Crippen molar-refractivity contribution >= 4 is 5.78 Å². The number of alkyl halides is 1. The molecule has 8 atom stereocenters. The number of rotatable bonds is 3. The number of hydrogen-bond donors (Lipinski definition) is 3. The van der Waals surface area contributed by atoms with Crippen LogP contribution in [0.1, 0.15) is 53.4 Å². The van der Waals surface area contributed by atoms with E-state index in [9.17, 15) is 15.0 Å². The number of carbonyl (C=O) groups is 1. The Morgan fingerprint density at radius 1 is 1.33 bits per heavy atom. The predicted octanol–water partition coefficient (Wildman–Crippen LogP) is 2.62. The first-order chi connectivity index (χ1) is 15.4. The normalized spacial score (nSPS) is 50.8. The van der Waals surface area contributed by atoms with E-state index >= 15 is 4.39 Å². The molecular formula is C25H34FNO6. The van der Waals surface area contributed by atoms with Crippen molar-refractivity contribution in [2.24, 2.45) is 28.6 Å². The minimum Gasteiger partial charge on any atom is -0.419 e. The zero-order valence-electron chi connectivity index (χ0n) is 19.6. The second-order valence-electron chi connectivity index (χ2n) is 11.3. The molecule has 4 fully saturated rings. The lowest BCUT2D eigenvalue weighted by Gasteiger charge is -2.62. The zero-order valence-corrected chi connectivity index (χ0v) is 19.6. The SMILES string of the molecule is CC1(C)O[C@@H]2C[C@H]3[C@@H]4CCC5=C/C(=C/ON)C=C[C@]5(C)[C@@]4(F)[C@@H](O)C[C@]3(C)[C@]2(C(=O)CO)O1. The molecule has 7 nitrogen and oxygen atoms in total. The molecule has 0 bridgehead atoms. The van der Waals surface area contributed by atoms with Gasteiger partial charge in [0.15, 0.2) is 22.8 Å². The van der Waals surface area contributed by atoms with Gasteiger partial charge < -0.3 is 24.5 Å². The summed E-state index contributed by atoms with van der Waals surface area (Å²) in [4.78, 5) is 17.9. The molecule has 4 aliphatic carbocycles. The van der Waals surface area contributed by atoms with Gasteiger partial charge in [-0.2, -0.15) is 5.90 Å². The Bertz CT molecular complexity index is 976. The summed E-state index contributed by atoms with van der Waals surface area (Å²) < 4.78 is 29.8. The highest BCUT2D eigenvalue weighted by atomic mass is 19.1. The molecule has 5 aliphatic rings. The first-order valence-corrected chi connectivity index (χ1v) is 11.7. The van der Waals surface area contributed by atoms with Crippen LogP contribution in [0.25, 0.3) is 0 Å². The van der Waals surface area contributed by atoms with Crippen molar-refractivity contribution in [3.05, 3.63) is 35.6 Å². The minimum absolute atomic E-state index is 0.0393. The largest absolute Gasteiger partial charge is 0.419 e. The number of ketones is 1. The van der Waals surface area contributed by atoms with Gasteiger partial charge in [0.25, 0.3) is 0 Å². The summed E-state index contributed by atoms with van der Waals surface area (Å²) in [6.45, 7) is 6.55. The Morgan fingerprint density at radius 3 is 2.73 bits per heavy atom. The number of allylic oxidation sites excluding steroid dienone is 5. The molecule has 182 valence electrons. The van der Waals surface area contributed by atoms with Crippen LogP contribution in [0.2, 0.25) is 0 Å². The van der Waals surface area contributed by atoms with Gasteiger partial charge >= 0.3 is 0 Å². The van der Waals surface area contributed by atoms with Crippen molar-refractivity contribution in [2.45, 2.75) is 82.6 Å². The Kier molecular flexibility index (Phi) is 4.90. The van der Waals surface area contributed by atoms with Gasteiger partial charge in [0.05, 0.1) is 12.2 Å². The van der Waals surface area contributed by atoms with Crippen LogP contribution in [0.3, 0.4) is 0 Å². The first kappa shape index (κ1) is 23.2. The number of fused-ring (bicyclic) bond motifs is 7. The van der Waals surface area contributed by atoms with E-state index in [1.54, 1.807) is 19.9 Å². The monoisotopic (exact) mass is 463 g/mol. The lowest BCUT2D eigenvalue weighted by Crippen LogP contribution is -2.69. The number of nitrogens with two attached hydrogens (primary N) is 1. The Hall–Kier alpha value is -1.58. The third kappa shape index (κ3) is 2.64. The van der Waals surface area contributed by atoms with Gasteiger partial charge in [-0.15, -0.1) is 0 Å². The van der Waals surface area contributed by atoms with E-state index in [1.807, 2.05) is 26.0 Å². The summed E-state index contributed by atoms with van der Waals surface area (Å²) in [5, 5.41) is 21.4. The van der Waals surface area contributed by atoms with Gasteiger partial charge in [-0.05, 0) is 52.4 Å². The highest BCUT2D eigenvalue weighted by molar-refractivity contribution is 5.91. The lowest BCUT2D eigenvalue weighted by atomic mass is 9.44. The molecular weight excluding hydrogens is 429 g/mol. The van der Waals surface area contributed by atoms with E-state index in [4.69, 9.17) is 15.4 Å². The maximum absolute atomic E-state index is 17.4. The number of aliphatic hydroxyl groups is 2. The summed E-state index contributed by atoms with van der Waals surface area (Å²) in [6, 6.07) is 0. The van der Waals surface area contributed by atoms with E-state index in [0.29, 0.717) is 19.3 Å². The molecule has 3 saturated carbocycles. The molecule has 0 amide bonds. The van der Waals surface area contributed by atoms with Gasteiger partial charge in [-0.3, -0.25) is 4.79 Å². The molecule has 0 aromatic rings. The third-order valence-electron chi connectivity index (χ3n) is 9.45. The smallest absolute Gasteiger partial charge is 0.193 e. The summed E-state index contributed by atoms with van der Waals surface area (Å²) in [7, 11) is 0. The number of aliphatic hydroxyl groups excluding tert-OH is 2. The van der Waals surface area contributed by atoms with E-state index < -0.39 is 58.4 Å². The summed E-state index contributed by atoms with van der Waals surface area (Å²) in [6.07, 6.45) is 6.62. The summed E-state index contributed by atoms with van der Waals surface area (Å²) >= 11 is 0. The highest BCUT2D eigenvalue weighted by Gasteiger charge is 2.79. The fraction of sp³-hybridized carbons (Fsp3) is 0.720. The molecule has 0 radical (unpaired) electrons. The predicted molar refractivity (Wildman–Crippen MR) is 117 cm³/mol. The van der Waals surface area contributed by atoms with Gasteiger partial charge in [0, 0.05) is 22.3 Å². The van der Waals surface area contributed by atoms with Crippen molar-refractivity contribution in [1.82, 2.24) is 0 Å². The molecule has 0 spiro atoms. The van der Waals surface area contributed by atoms with Gasteiger partial charge in [-0.1, -0.05) is 30.7 Å². The number of ether oxygens (including phenoxy) is 2. The topological polar surface area (TPSA) is 111 Å². The second kappa shape index (κ2) is 6.98. The van der Waals surface area contributed by atoms with Crippen LogP contribution >= 0.6 is 0 Å². The molecule has 1 heterocycles. The number of carbonyl (C=O) groups excluding carboxylic acids is 1. The van der Waals surface area contributed by atoms with Gasteiger partial charge in [0.2, 0.25) is 0 Å². The van der Waals surface area contributed by atoms with Gasteiger partial charge in [-0.25, -0.2) is 4.39 Å². The van der Waals surface area contributed by atoms with E-state index in [-0.39, 0.29) is 12.3 Å². The second-order valence-corrected chi connectivity index (χ2v) is 11.3. The van der Waals surface area contributed by atoms with Crippen molar-refractivity contribution in [2.75, 3.05) is 6.61 Å². The summed E-state index contributed by atoms with van der Waals surface area (Å²) in [5.41, 5.74) is -3.58. The van der Waals surface area contributed by atoms with Crippen LogP contribution in [-0.4, -0.2) is 51.9 Å². The molecule has 8 heteroatoms. The average Bonchev–Trinajstić information content (AvgIpc) is 3.15. The van der Waals surface area contributed by atoms with Crippen LogP contribution in [0.5, 0.6) is 0 Å². The summed E-state index contributed by atoms with van der Waals surface area (Å²) in [5.74, 6) is 2.96. The standard InChI is InChI=1S/C25H34FNO6/c1-21(2)32-20-10-17-16-6-5-15-9-14(13-31-27)7-8-22(15,3)24(16,26)18(29)11-23(17,4)25(20,33-21)19(30)12-28/h7-9,13,16-18,20,28-29H,5-6,10-12,27H2,1-4H3/b14-13+/t16-,17-,18-,20+,22-,23-,24-,25+/m0/s1. The van der Waals surface area contributed by atoms with Crippen molar-refractivity contribution < 1.29 is 33.7 Å². The number of Topliss-reactive ketones (excluding diaryl/α,β-unsaturated/α-hetero) is 1. The molecule has 1 saturated heterocycles. The fourth-order valence-electron chi connectivity index (χ4n) is 8.12. The third-order valence-corrected chi connectivity index (χ3v) is 9.45. The van der Waals surface area contributed by atoms with E-state index in [2.05, 4.69) is 4.84 Å². The van der Waals surface area contributed by atoms with Crippen LogP contribution in [0.4, 0.5) is 4.39 Å². The molecule has 1 aliphatic heterocycles. The maximum Gasteiger partial charge on any atom is 0.193 e. The van der Waals surface area contributed by atoms with Crippen LogP contribution < -0.4 is 5.90 Å². The van der Waals surface area contributed by atoms with Crippen molar-refractivity contribution in [3.63, 3.8) is 0 Å². The minimum atomic E-state index is -1.93. The number of halogens is 1. The Balaban J connectivity index is 1.60. The number of hydrogen-bond acceptors (Lipinski definition) is 7. The Morgan fingerprint density at radius 2 is 2.06 bits per heavy atom. The zero-order chi connectivity index (χ0) is 24.0. The molecule has 33 heavy (non-hydrogen) atoms. The molecule has 0 aromatic heterocycles. The lowest BCUT2D eigenvalue weighted by molar-refractivity contribution is -0.246. The van der Waals surface area contributed by atoms with Crippen LogP contribution in [0.15, 0.2) is 35.6 Å². The van der Waals surface area contributed by atoms with Gasteiger partial charge in [0.1, 0.15) is 12.9 Å².